The quantitative estimate of drug-likeness (QED) is 0.603. The van der Waals surface area contributed by atoms with Gasteiger partial charge in [0, 0.05) is 19.2 Å². The van der Waals surface area contributed by atoms with Crippen molar-refractivity contribution in [1.82, 2.24) is 4.90 Å². The van der Waals surface area contributed by atoms with Crippen LogP contribution in [0, 0.1) is 0 Å². The van der Waals surface area contributed by atoms with Crippen LogP contribution in [-0.2, 0) is 4.79 Å². The summed E-state index contributed by atoms with van der Waals surface area (Å²) < 4.78 is 0. The molecule has 0 aliphatic carbocycles. The number of carbonyl (C=O) groups is 1. The first-order chi connectivity index (χ1) is 7.65. The molecule has 2 N–H and O–H groups in total. The van der Waals surface area contributed by atoms with Crippen molar-refractivity contribution in [3.8, 4) is 0 Å². The Morgan fingerprint density at radius 1 is 1.38 bits per heavy atom. The van der Waals surface area contributed by atoms with E-state index in [0.29, 0.717) is 12.4 Å². The molecular weight excluding hydrogens is 202 g/mol. The fourth-order valence-electron chi connectivity index (χ4n) is 1.15. The van der Waals surface area contributed by atoms with E-state index in [1.807, 2.05) is 37.3 Å². The molecule has 1 amide bonds. The van der Waals surface area contributed by atoms with Crippen LogP contribution < -0.4 is 5.73 Å². The third-order valence-corrected chi connectivity index (χ3v) is 2.35. The molecule has 0 saturated carbocycles. The normalized spacial score (nSPS) is 11.2. The van der Waals surface area contributed by atoms with E-state index in [4.69, 9.17) is 5.73 Å². The lowest BCUT2D eigenvalue weighted by Gasteiger charge is -2.12. The number of hydrogen-bond acceptors (Lipinski definition) is 2. The maximum absolute atomic E-state index is 11.5. The van der Waals surface area contributed by atoms with E-state index in [-0.39, 0.29) is 12.5 Å². The Morgan fingerprint density at radius 2 is 2.00 bits per heavy atom. The van der Waals surface area contributed by atoms with Crippen LogP contribution in [0.4, 0.5) is 0 Å². The molecule has 0 atom stereocenters. The van der Waals surface area contributed by atoms with E-state index in [0.717, 1.165) is 5.56 Å². The van der Waals surface area contributed by atoms with E-state index in [9.17, 15) is 4.79 Å². The van der Waals surface area contributed by atoms with Gasteiger partial charge in [-0.3, -0.25) is 9.79 Å². The van der Waals surface area contributed by atoms with Crippen molar-refractivity contribution in [2.75, 3.05) is 20.1 Å². The second-order valence-electron chi connectivity index (χ2n) is 3.48. The number of rotatable bonds is 4. The average molecular weight is 219 g/mol. The Balaban J connectivity index is 2.62. The van der Waals surface area contributed by atoms with Crippen molar-refractivity contribution in [3.63, 3.8) is 0 Å². The summed E-state index contributed by atoms with van der Waals surface area (Å²) in [6.07, 6.45) is 0. The zero-order valence-electron chi connectivity index (χ0n) is 9.68. The van der Waals surface area contributed by atoms with Crippen molar-refractivity contribution in [3.05, 3.63) is 35.9 Å². The summed E-state index contributed by atoms with van der Waals surface area (Å²) >= 11 is 0. The molecule has 0 spiro atoms. The lowest BCUT2D eigenvalue weighted by molar-refractivity contribution is -0.128. The molecule has 0 saturated heterocycles. The van der Waals surface area contributed by atoms with Crippen molar-refractivity contribution in [1.29, 1.82) is 0 Å². The van der Waals surface area contributed by atoms with Gasteiger partial charge >= 0.3 is 0 Å². The Kier molecular flexibility index (Phi) is 4.51. The van der Waals surface area contributed by atoms with E-state index in [1.54, 1.807) is 11.9 Å². The zero-order chi connectivity index (χ0) is 12.0. The summed E-state index contributed by atoms with van der Waals surface area (Å²) in [6.45, 7) is 2.70. The fourth-order valence-corrected chi connectivity index (χ4v) is 1.15. The molecule has 1 aromatic carbocycles. The van der Waals surface area contributed by atoms with Gasteiger partial charge in [0.1, 0.15) is 12.4 Å². The summed E-state index contributed by atoms with van der Waals surface area (Å²) in [5.41, 5.74) is 6.61. The third kappa shape index (κ3) is 3.38. The Bertz CT molecular complexity index is 373. The Morgan fingerprint density at radius 3 is 2.56 bits per heavy atom. The SMILES string of the molecule is CCN(C)C(=O)CN=C(N)c1ccccc1. The number of nitrogens with zero attached hydrogens (tertiary/aromatic N) is 2. The Labute approximate surface area is 95.8 Å². The molecule has 1 aromatic rings. The third-order valence-electron chi connectivity index (χ3n) is 2.35. The zero-order valence-corrected chi connectivity index (χ0v) is 9.68. The number of benzene rings is 1. The molecule has 4 nitrogen and oxygen atoms in total. The molecule has 0 aliphatic rings. The maximum atomic E-state index is 11.5. The van der Waals surface area contributed by atoms with Gasteiger partial charge in [0.25, 0.3) is 0 Å². The van der Waals surface area contributed by atoms with Gasteiger partial charge in [-0.1, -0.05) is 30.3 Å². The lowest BCUT2D eigenvalue weighted by atomic mass is 10.2. The van der Waals surface area contributed by atoms with Crippen molar-refractivity contribution >= 4 is 11.7 Å². The van der Waals surface area contributed by atoms with Crippen molar-refractivity contribution in [2.45, 2.75) is 6.92 Å². The average Bonchev–Trinajstić information content (AvgIpc) is 2.35. The van der Waals surface area contributed by atoms with Gasteiger partial charge < -0.3 is 10.6 Å². The van der Waals surface area contributed by atoms with Gasteiger partial charge in [-0.15, -0.1) is 0 Å². The second-order valence-corrected chi connectivity index (χ2v) is 3.48. The minimum absolute atomic E-state index is 0.0265. The number of hydrogen-bond donors (Lipinski definition) is 1. The van der Waals surface area contributed by atoms with Crippen molar-refractivity contribution in [2.24, 2.45) is 10.7 Å². The summed E-state index contributed by atoms with van der Waals surface area (Å²) in [5.74, 6) is 0.375. The summed E-state index contributed by atoms with van der Waals surface area (Å²) in [5, 5.41) is 0. The summed E-state index contributed by atoms with van der Waals surface area (Å²) in [4.78, 5) is 17.2. The van der Waals surface area contributed by atoms with Crippen LogP contribution in [0.2, 0.25) is 0 Å². The van der Waals surface area contributed by atoms with Crippen LogP contribution in [0.3, 0.4) is 0 Å². The fraction of sp³-hybridized carbons (Fsp3) is 0.333. The highest BCUT2D eigenvalue weighted by Gasteiger charge is 2.05. The molecular formula is C12H17N3O. The molecule has 0 radical (unpaired) electrons. The van der Waals surface area contributed by atoms with Crippen LogP contribution in [0.1, 0.15) is 12.5 Å². The van der Waals surface area contributed by atoms with Crippen LogP contribution in [0.5, 0.6) is 0 Å². The smallest absolute Gasteiger partial charge is 0.244 e. The molecule has 0 fully saturated rings. The van der Waals surface area contributed by atoms with Gasteiger partial charge in [0.15, 0.2) is 0 Å². The van der Waals surface area contributed by atoms with Crippen LogP contribution >= 0.6 is 0 Å². The first-order valence-corrected chi connectivity index (χ1v) is 5.24. The van der Waals surface area contributed by atoms with Crippen LogP contribution in [0.15, 0.2) is 35.3 Å². The van der Waals surface area contributed by atoms with Crippen LogP contribution in [0.25, 0.3) is 0 Å². The number of carbonyl (C=O) groups excluding carboxylic acids is 1. The van der Waals surface area contributed by atoms with E-state index in [1.165, 1.54) is 0 Å². The Hall–Kier alpha value is -1.84. The lowest BCUT2D eigenvalue weighted by Crippen LogP contribution is -2.29. The molecule has 16 heavy (non-hydrogen) atoms. The molecule has 86 valence electrons. The van der Waals surface area contributed by atoms with Gasteiger partial charge in [-0.2, -0.15) is 0 Å². The predicted octanol–water partition coefficient (Wildman–Crippen LogP) is 0.870. The number of amides is 1. The first-order valence-electron chi connectivity index (χ1n) is 5.24. The molecule has 4 heteroatoms. The molecule has 1 rings (SSSR count). The number of amidine groups is 1. The molecule has 0 aliphatic heterocycles. The summed E-state index contributed by atoms with van der Waals surface area (Å²) in [7, 11) is 1.75. The minimum atomic E-state index is -0.0265. The van der Waals surface area contributed by atoms with Crippen molar-refractivity contribution < 1.29 is 4.79 Å². The topological polar surface area (TPSA) is 58.7 Å². The standard InChI is InChI=1S/C12H17N3O/c1-3-15(2)11(16)9-14-12(13)10-7-5-4-6-8-10/h4-8H,3,9H2,1-2H3,(H2,13,14). The van der Waals surface area contributed by atoms with Crippen LogP contribution in [-0.4, -0.2) is 36.8 Å². The molecule has 0 heterocycles. The second kappa shape index (κ2) is 5.90. The molecule has 0 bridgehead atoms. The minimum Gasteiger partial charge on any atom is -0.383 e. The highest BCUT2D eigenvalue weighted by Crippen LogP contribution is 1.97. The molecule has 0 aromatic heterocycles. The van der Waals surface area contributed by atoms with E-state index < -0.39 is 0 Å². The number of likely N-dealkylation sites (N-methyl/N-ethyl adjacent to an activating group) is 1. The van der Waals surface area contributed by atoms with Gasteiger partial charge in [0.05, 0.1) is 0 Å². The monoisotopic (exact) mass is 219 g/mol. The highest BCUT2D eigenvalue weighted by atomic mass is 16.2. The number of nitrogens with two attached hydrogens (primary N) is 1. The predicted molar refractivity (Wildman–Crippen MR) is 65.3 cm³/mol. The number of aliphatic imine (C=N–C) groups is 1. The maximum Gasteiger partial charge on any atom is 0.244 e. The molecule has 0 unspecified atom stereocenters. The first kappa shape index (κ1) is 12.2. The van der Waals surface area contributed by atoms with Gasteiger partial charge in [-0.05, 0) is 6.92 Å². The van der Waals surface area contributed by atoms with E-state index in [2.05, 4.69) is 4.99 Å². The van der Waals surface area contributed by atoms with Gasteiger partial charge in [-0.25, -0.2) is 0 Å². The van der Waals surface area contributed by atoms with Gasteiger partial charge in [0.2, 0.25) is 5.91 Å². The summed E-state index contributed by atoms with van der Waals surface area (Å²) in [6, 6.07) is 9.42. The van der Waals surface area contributed by atoms with E-state index >= 15 is 0 Å². The highest BCUT2D eigenvalue weighted by molar-refractivity contribution is 5.98. The largest absolute Gasteiger partial charge is 0.383 e.